The van der Waals surface area contributed by atoms with E-state index in [9.17, 15) is 0 Å². The Labute approximate surface area is 89.7 Å². The summed E-state index contributed by atoms with van der Waals surface area (Å²) in [6, 6.07) is 10.3. The lowest BCUT2D eigenvalue weighted by Crippen LogP contribution is -2.01. The minimum absolute atomic E-state index is 0.737. The summed E-state index contributed by atoms with van der Waals surface area (Å²) in [5.41, 5.74) is 1.03. The number of pyridine rings is 1. The maximum Gasteiger partial charge on any atom is 0.134 e. The molecule has 0 bridgehead atoms. The van der Waals surface area contributed by atoms with Gasteiger partial charge in [-0.05, 0) is 18.4 Å². The summed E-state index contributed by atoms with van der Waals surface area (Å²) in [5, 5.41) is 5.63. The van der Waals surface area contributed by atoms with Crippen LogP contribution < -0.4 is 5.32 Å². The topological polar surface area (TPSA) is 24.9 Å². The molecule has 0 spiro atoms. The predicted molar refractivity (Wildman–Crippen MR) is 65.2 cm³/mol. The molecule has 0 radical (unpaired) electrons. The minimum atomic E-state index is 0.737. The fourth-order valence-electron chi connectivity index (χ4n) is 1.64. The summed E-state index contributed by atoms with van der Waals surface area (Å²) in [5.74, 6) is 0.936. The van der Waals surface area contributed by atoms with Gasteiger partial charge in [0, 0.05) is 17.6 Å². The summed E-state index contributed by atoms with van der Waals surface area (Å²) in [6.45, 7) is 6.43. The van der Waals surface area contributed by atoms with Crippen LogP contribution in [0.5, 0.6) is 0 Å². The van der Waals surface area contributed by atoms with Gasteiger partial charge >= 0.3 is 0 Å². The SMILES string of the molecule is C=CCNc1nc(C)cc2ccccc12. The van der Waals surface area contributed by atoms with E-state index in [0.717, 1.165) is 23.4 Å². The van der Waals surface area contributed by atoms with Crippen LogP contribution in [0, 0.1) is 6.92 Å². The fraction of sp³-hybridized carbons (Fsp3) is 0.154. The van der Waals surface area contributed by atoms with Crippen LogP contribution in [0.1, 0.15) is 5.69 Å². The molecule has 0 aliphatic heterocycles. The Balaban J connectivity index is 2.55. The highest BCUT2D eigenvalue weighted by Crippen LogP contribution is 2.21. The maximum atomic E-state index is 4.48. The summed E-state index contributed by atoms with van der Waals surface area (Å²) in [7, 11) is 0. The molecule has 1 aromatic carbocycles. The van der Waals surface area contributed by atoms with Gasteiger partial charge in [0.15, 0.2) is 0 Å². The van der Waals surface area contributed by atoms with Gasteiger partial charge in [0.2, 0.25) is 0 Å². The molecule has 1 N–H and O–H groups in total. The van der Waals surface area contributed by atoms with Gasteiger partial charge in [-0.15, -0.1) is 6.58 Å². The summed E-state index contributed by atoms with van der Waals surface area (Å²) < 4.78 is 0. The van der Waals surface area contributed by atoms with Crippen molar-refractivity contribution in [3.8, 4) is 0 Å². The smallest absolute Gasteiger partial charge is 0.134 e. The molecule has 76 valence electrons. The minimum Gasteiger partial charge on any atom is -0.366 e. The highest BCUT2D eigenvalue weighted by molar-refractivity contribution is 5.92. The molecule has 0 fully saturated rings. The van der Waals surface area contributed by atoms with Gasteiger partial charge in [-0.25, -0.2) is 4.98 Å². The van der Waals surface area contributed by atoms with Crippen molar-refractivity contribution in [3.05, 3.63) is 48.7 Å². The van der Waals surface area contributed by atoms with Crippen molar-refractivity contribution < 1.29 is 0 Å². The molecular formula is C13H14N2. The molecule has 1 heterocycles. The number of aryl methyl sites for hydroxylation is 1. The molecule has 2 aromatic rings. The molecule has 2 heteroatoms. The first-order chi connectivity index (χ1) is 7.31. The second kappa shape index (κ2) is 4.13. The molecule has 1 aromatic heterocycles. The monoisotopic (exact) mass is 198 g/mol. The van der Waals surface area contributed by atoms with Gasteiger partial charge in [0.25, 0.3) is 0 Å². The lowest BCUT2D eigenvalue weighted by Gasteiger charge is -2.08. The van der Waals surface area contributed by atoms with Crippen molar-refractivity contribution in [1.29, 1.82) is 0 Å². The van der Waals surface area contributed by atoms with Gasteiger partial charge in [0.05, 0.1) is 0 Å². The Bertz CT molecular complexity index is 489. The van der Waals surface area contributed by atoms with Crippen molar-refractivity contribution in [1.82, 2.24) is 4.98 Å². The van der Waals surface area contributed by atoms with Crippen molar-refractivity contribution in [3.63, 3.8) is 0 Å². The number of nitrogens with one attached hydrogen (secondary N) is 1. The molecule has 15 heavy (non-hydrogen) atoms. The Hall–Kier alpha value is -1.83. The number of anilines is 1. The van der Waals surface area contributed by atoms with Gasteiger partial charge in [-0.2, -0.15) is 0 Å². The number of nitrogens with zero attached hydrogens (tertiary/aromatic N) is 1. The number of fused-ring (bicyclic) bond motifs is 1. The van der Waals surface area contributed by atoms with Gasteiger partial charge in [0.1, 0.15) is 5.82 Å². The van der Waals surface area contributed by atoms with Crippen LogP contribution in [-0.2, 0) is 0 Å². The van der Waals surface area contributed by atoms with Crippen molar-refractivity contribution >= 4 is 16.6 Å². The van der Waals surface area contributed by atoms with E-state index in [1.165, 1.54) is 5.39 Å². The highest BCUT2D eigenvalue weighted by Gasteiger charge is 2.01. The van der Waals surface area contributed by atoms with E-state index in [2.05, 4.69) is 35.1 Å². The average Bonchev–Trinajstić information content (AvgIpc) is 2.25. The molecule has 2 rings (SSSR count). The maximum absolute atomic E-state index is 4.48. The molecule has 0 atom stereocenters. The molecule has 0 saturated carbocycles. The third-order valence-corrected chi connectivity index (χ3v) is 2.28. The third kappa shape index (κ3) is 1.99. The largest absolute Gasteiger partial charge is 0.366 e. The Kier molecular flexibility index (Phi) is 2.68. The standard InChI is InChI=1S/C13H14N2/c1-3-8-14-13-12-7-5-4-6-11(12)9-10(2)15-13/h3-7,9H,1,8H2,2H3,(H,14,15). The zero-order valence-corrected chi connectivity index (χ0v) is 8.83. The normalized spacial score (nSPS) is 10.2. The average molecular weight is 198 g/mol. The van der Waals surface area contributed by atoms with Crippen LogP contribution in [0.4, 0.5) is 5.82 Å². The Morgan fingerprint density at radius 3 is 3.00 bits per heavy atom. The Morgan fingerprint density at radius 1 is 1.40 bits per heavy atom. The zero-order chi connectivity index (χ0) is 10.7. The van der Waals surface area contributed by atoms with Crippen LogP contribution in [0.2, 0.25) is 0 Å². The lowest BCUT2D eigenvalue weighted by molar-refractivity contribution is 1.18. The van der Waals surface area contributed by atoms with E-state index in [-0.39, 0.29) is 0 Å². The quantitative estimate of drug-likeness (QED) is 0.766. The number of aromatic nitrogens is 1. The molecule has 2 nitrogen and oxygen atoms in total. The molecule has 0 aliphatic rings. The van der Waals surface area contributed by atoms with Crippen LogP contribution in [0.15, 0.2) is 43.0 Å². The van der Waals surface area contributed by atoms with Gasteiger partial charge in [-0.1, -0.05) is 30.3 Å². The molecule has 0 unspecified atom stereocenters. The number of hydrogen-bond acceptors (Lipinski definition) is 2. The van der Waals surface area contributed by atoms with Crippen molar-refractivity contribution in [2.45, 2.75) is 6.92 Å². The number of benzene rings is 1. The second-order valence-electron chi connectivity index (χ2n) is 3.50. The molecular weight excluding hydrogens is 184 g/mol. The van der Waals surface area contributed by atoms with Crippen LogP contribution in [0.3, 0.4) is 0 Å². The van der Waals surface area contributed by atoms with Crippen molar-refractivity contribution in [2.75, 3.05) is 11.9 Å². The van der Waals surface area contributed by atoms with Gasteiger partial charge in [-0.3, -0.25) is 0 Å². The molecule has 0 amide bonds. The van der Waals surface area contributed by atoms with Gasteiger partial charge < -0.3 is 5.32 Å². The van der Waals surface area contributed by atoms with E-state index >= 15 is 0 Å². The van der Waals surface area contributed by atoms with E-state index in [1.54, 1.807) is 0 Å². The van der Waals surface area contributed by atoms with Crippen LogP contribution >= 0.6 is 0 Å². The summed E-state index contributed by atoms with van der Waals surface area (Å²) in [4.78, 5) is 4.48. The predicted octanol–water partition coefficient (Wildman–Crippen LogP) is 3.14. The Morgan fingerprint density at radius 2 is 2.20 bits per heavy atom. The fourth-order valence-corrected chi connectivity index (χ4v) is 1.64. The number of rotatable bonds is 3. The first-order valence-electron chi connectivity index (χ1n) is 5.02. The van der Waals surface area contributed by atoms with Crippen molar-refractivity contribution in [2.24, 2.45) is 0 Å². The van der Waals surface area contributed by atoms with Crippen LogP contribution in [-0.4, -0.2) is 11.5 Å². The molecule has 0 saturated heterocycles. The lowest BCUT2D eigenvalue weighted by atomic mass is 10.1. The summed E-state index contributed by atoms with van der Waals surface area (Å²) >= 11 is 0. The second-order valence-corrected chi connectivity index (χ2v) is 3.50. The third-order valence-electron chi connectivity index (χ3n) is 2.28. The first-order valence-corrected chi connectivity index (χ1v) is 5.02. The summed E-state index contributed by atoms with van der Waals surface area (Å²) in [6.07, 6.45) is 1.83. The van der Waals surface area contributed by atoms with E-state index in [4.69, 9.17) is 0 Å². The van der Waals surface area contributed by atoms with E-state index < -0.39 is 0 Å². The van der Waals surface area contributed by atoms with E-state index in [1.807, 2.05) is 25.1 Å². The van der Waals surface area contributed by atoms with Crippen LogP contribution in [0.25, 0.3) is 10.8 Å². The van der Waals surface area contributed by atoms with E-state index in [0.29, 0.717) is 0 Å². The number of hydrogen-bond donors (Lipinski definition) is 1. The first kappa shape index (κ1) is 9.71. The highest BCUT2D eigenvalue weighted by atomic mass is 15.0. The zero-order valence-electron chi connectivity index (χ0n) is 8.83. The molecule has 0 aliphatic carbocycles.